The van der Waals surface area contributed by atoms with Crippen molar-refractivity contribution in [2.45, 2.75) is 38.1 Å². The Morgan fingerprint density at radius 2 is 1.68 bits per heavy atom. The Kier molecular flexibility index (Phi) is 7.53. The molecule has 170 valence electrons. The van der Waals surface area contributed by atoms with E-state index in [-0.39, 0.29) is 0 Å². The number of nitrogens with two attached hydrogens (primary N) is 1. The Hall–Kier alpha value is -2.03. The molecule has 0 bridgehead atoms. The van der Waals surface area contributed by atoms with Gasteiger partial charge >= 0.3 is 0 Å². The maximum absolute atomic E-state index is 12.7. The highest BCUT2D eigenvalue weighted by Crippen LogP contribution is 2.25. The van der Waals surface area contributed by atoms with E-state index in [2.05, 4.69) is 24.6 Å². The van der Waals surface area contributed by atoms with Crippen LogP contribution >= 0.6 is 0 Å². The fourth-order valence-corrected chi connectivity index (χ4v) is 4.75. The van der Waals surface area contributed by atoms with Crippen LogP contribution in [0.4, 0.5) is 0 Å². The van der Waals surface area contributed by atoms with Gasteiger partial charge < -0.3 is 15.5 Å². The number of hydrogen-bond donors (Lipinski definition) is 1. The van der Waals surface area contributed by atoms with Gasteiger partial charge in [-0.1, -0.05) is 6.42 Å². The molecule has 2 N–H and O–H groups in total. The maximum atomic E-state index is 12.7. The number of carbonyl (C=O) groups is 2. The van der Waals surface area contributed by atoms with Gasteiger partial charge in [-0.15, -0.1) is 0 Å². The molecule has 3 heterocycles. The molecule has 0 unspecified atom stereocenters. The zero-order valence-corrected chi connectivity index (χ0v) is 18.5. The van der Waals surface area contributed by atoms with Gasteiger partial charge in [0.15, 0.2) is 0 Å². The zero-order chi connectivity index (χ0) is 21.6. The van der Waals surface area contributed by atoms with E-state index in [0.717, 1.165) is 83.5 Å². The maximum Gasteiger partial charge on any atom is 0.250 e. The summed E-state index contributed by atoms with van der Waals surface area (Å²) in [5, 5.41) is 0. The van der Waals surface area contributed by atoms with E-state index in [0.29, 0.717) is 18.0 Å². The number of aryl methyl sites for hydroxylation is 1. The van der Waals surface area contributed by atoms with Crippen LogP contribution in [0.5, 0.6) is 0 Å². The SMILES string of the molecule is NC(=O)c1ccc(CCCN2CCN(CC(=O)N3CCN(C4CCC4)CC3)CC2)nc1. The molecule has 8 nitrogen and oxygen atoms in total. The van der Waals surface area contributed by atoms with Crippen LogP contribution in [0.3, 0.4) is 0 Å². The third kappa shape index (κ3) is 6.02. The third-order valence-electron chi connectivity index (χ3n) is 7.10. The molecule has 4 rings (SSSR count). The molecule has 2 amide bonds. The highest BCUT2D eigenvalue weighted by atomic mass is 16.2. The number of carbonyl (C=O) groups excluding carboxylic acids is 2. The van der Waals surface area contributed by atoms with Crippen molar-refractivity contribution in [3.05, 3.63) is 29.6 Å². The van der Waals surface area contributed by atoms with E-state index in [1.54, 1.807) is 12.3 Å². The summed E-state index contributed by atoms with van der Waals surface area (Å²) in [6, 6.07) is 4.42. The molecular weight excluding hydrogens is 392 g/mol. The van der Waals surface area contributed by atoms with Crippen molar-refractivity contribution in [2.75, 3.05) is 65.4 Å². The monoisotopic (exact) mass is 428 g/mol. The fourth-order valence-electron chi connectivity index (χ4n) is 4.75. The van der Waals surface area contributed by atoms with Crippen molar-refractivity contribution in [3.8, 4) is 0 Å². The van der Waals surface area contributed by atoms with Crippen LogP contribution in [0, 0.1) is 0 Å². The molecule has 0 radical (unpaired) electrons. The molecule has 31 heavy (non-hydrogen) atoms. The molecule has 1 aromatic heterocycles. The van der Waals surface area contributed by atoms with Gasteiger partial charge in [0, 0.05) is 70.3 Å². The van der Waals surface area contributed by atoms with Crippen LogP contribution in [0.2, 0.25) is 0 Å². The van der Waals surface area contributed by atoms with Crippen LogP contribution in [-0.2, 0) is 11.2 Å². The highest BCUT2D eigenvalue weighted by molar-refractivity contribution is 5.92. The molecule has 0 atom stereocenters. The zero-order valence-electron chi connectivity index (χ0n) is 18.5. The van der Waals surface area contributed by atoms with Crippen LogP contribution in [0.1, 0.15) is 41.7 Å². The summed E-state index contributed by atoms with van der Waals surface area (Å²) in [6.07, 6.45) is 7.54. The quantitative estimate of drug-likeness (QED) is 0.646. The first-order valence-electron chi connectivity index (χ1n) is 11.8. The van der Waals surface area contributed by atoms with Crippen molar-refractivity contribution in [1.29, 1.82) is 0 Å². The lowest BCUT2D eigenvalue weighted by molar-refractivity contribution is -0.135. The second-order valence-electron chi connectivity index (χ2n) is 9.13. The average Bonchev–Trinajstić information content (AvgIpc) is 2.74. The second-order valence-corrected chi connectivity index (χ2v) is 9.13. The minimum Gasteiger partial charge on any atom is -0.366 e. The molecule has 1 aliphatic carbocycles. The van der Waals surface area contributed by atoms with Gasteiger partial charge in [-0.05, 0) is 44.4 Å². The lowest BCUT2D eigenvalue weighted by atomic mass is 9.91. The number of pyridine rings is 1. The number of hydrogen-bond acceptors (Lipinski definition) is 6. The molecule has 8 heteroatoms. The smallest absolute Gasteiger partial charge is 0.250 e. The number of nitrogens with zero attached hydrogens (tertiary/aromatic N) is 5. The third-order valence-corrected chi connectivity index (χ3v) is 7.10. The standard InChI is InChI=1S/C23H36N6O2/c24-23(31)19-6-7-20(25-17-19)3-2-8-26-9-11-27(12-10-26)18-22(30)29-15-13-28(14-16-29)21-4-1-5-21/h6-7,17,21H,1-5,8-16,18H2,(H2,24,31). The molecule has 1 saturated carbocycles. The number of rotatable bonds is 8. The van der Waals surface area contributed by atoms with Gasteiger partial charge in [0.2, 0.25) is 11.8 Å². The van der Waals surface area contributed by atoms with E-state index in [4.69, 9.17) is 5.73 Å². The fraction of sp³-hybridized carbons (Fsp3) is 0.696. The van der Waals surface area contributed by atoms with E-state index in [1.165, 1.54) is 19.3 Å². The number of aromatic nitrogens is 1. The predicted octanol–water partition coefficient (Wildman–Crippen LogP) is 0.427. The van der Waals surface area contributed by atoms with Gasteiger partial charge in [-0.2, -0.15) is 0 Å². The van der Waals surface area contributed by atoms with Crippen LogP contribution in [0.25, 0.3) is 0 Å². The first-order chi connectivity index (χ1) is 15.1. The number of amides is 2. The van der Waals surface area contributed by atoms with Crippen molar-refractivity contribution in [3.63, 3.8) is 0 Å². The second kappa shape index (κ2) is 10.5. The van der Waals surface area contributed by atoms with Crippen LogP contribution in [0.15, 0.2) is 18.3 Å². The lowest BCUT2D eigenvalue weighted by Gasteiger charge is -2.43. The first-order valence-corrected chi connectivity index (χ1v) is 11.8. The molecular formula is C23H36N6O2. The van der Waals surface area contributed by atoms with Crippen molar-refractivity contribution >= 4 is 11.8 Å². The first kappa shape index (κ1) is 22.2. The summed E-state index contributed by atoms with van der Waals surface area (Å²) in [4.78, 5) is 37.6. The molecule has 2 saturated heterocycles. The summed E-state index contributed by atoms with van der Waals surface area (Å²) in [5.74, 6) is -0.140. The van der Waals surface area contributed by atoms with Gasteiger partial charge in [0.25, 0.3) is 0 Å². The predicted molar refractivity (Wildman–Crippen MR) is 120 cm³/mol. The summed E-state index contributed by atoms with van der Waals surface area (Å²) < 4.78 is 0. The Bertz CT molecular complexity index is 735. The van der Waals surface area contributed by atoms with Gasteiger partial charge in [0.1, 0.15) is 0 Å². The van der Waals surface area contributed by atoms with Crippen LogP contribution in [-0.4, -0.2) is 108 Å². The van der Waals surface area contributed by atoms with Gasteiger partial charge in [0.05, 0.1) is 12.1 Å². The molecule has 2 aliphatic heterocycles. The van der Waals surface area contributed by atoms with E-state index in [1.807, 2.05) is 6.07 Å². The molecule has 0 spiro atoms. The molecule has 3 aliphatic rings. The summed E-state index contributed by atoms with van der Waals surface area (Å²) >= 11 is 0. The Labute approximate surface area is 185 Å². The van der Waals surface area contributed by atoms with E-state index >= 15 is 0 Å². The summed E-state index contributed by atoms with van der Waals surface area (Å²) in [7, 11) is 0. The lowest BCUT2D eigenvalue weighted by Crippen LogP contribution is -2.56. The van der Waals surface area contributed by atoms with Crippen LogP contribution < -0.4 is 5.73 Å². The van der Waals surface area contributed by atoms with Crippen molar-refractivity contribution < 1.29 is 9.59 Å². The Morgan fingerprint density at radius 1 is 0.968 bits per heavy atom. The summed E-state index contributed by atoms with van der Waals surface area (Å²) in [6.45, 7) is 9.41. The normalized spacial score (nSPS) is 21.7. The minimum absolute atomic E-state index is 0.298. The van der Waals surface area contributed by atoms with Gasteiger partial charge in [-0.25, -0.2) is 0 Å². The topological polar surface area (TPSA) is 86.0 Å². The minimum atomic E-state index is -0.439. The van der Waals surface area contributed by atoms with Crippen molar-refractivity contribution in [2.24, 2.45) is 5.73 Å². The molecule has 1 aromatic rings. The van der Waals surface area contributed by atoms with E-state index < -0.39 is 5.91 Å². The average molecular weight is 429 g/mol. The number of primary amides is 1. The Morgan fingerprint density at radius 3 is 2.26 bits per heavy atom. The highest BCUT2D eigenvalue weighted by Gasteiger charge is 2.30. The molecule has 0 aromatic carbocycles. The summed E-state index contributed by atoms with van der Waals surface area (Å²) in [5.41, 5.74) is 6.70. The van der Waals surface area contributed by atoms with Crippen molar-refractivity contribution in [1.82, 2.24) is 24.6 Å². The van der Waals surface area contributed by atoms with E-state index in [9.17, 15) is 9.59 Å². The number of piperazine rings is 2. The largest absolute Gasteiger partial charge is 0.366 e. The van der Waals surface area contributed by atoms with Gasteiger partial charge in [-0.3, -0.25) is 24.4 Å². The molecule has 3 fully saturated rings. The Balaban J connectivity index is 1.10.